The first kappa shape index (κ1) is 50.9. The van der Waals surface area contributed by atoms with Crippen LogP contribution in [0.25, 0.3) is 0 Å². The number of carbonyl (C=O) groups is 6. The van der Waals surface area contributed by atoms with Gasteiger partial charge < -0.3 is 46.7 Å². The highest BCUT2D eigenvalue weighted by atomic mass is 16.5. The molecule has 0 aromatic heterocycles. The molecule has 0 aliphatic rings. The van der Waals surface area contributed by atoms with Crippen molar-refractivity contribution in [1.82, 2.24) is 21.3 Å². The number of hydrogen-bond donors (Lipinski definition) is 7. The molecule has 0 radical (unpaired) electrons. The largest absolute Gasteiger partial charge is 0.481 e. The van der Waals surface area contributed by atoms with Crippen LogP contribution in [-0.4, -0.2) is 107 Å². The molecule has 0 rings (SSSR count). The summed E-state index contributed by atoms with van der Waals surface area (Å²) < 4.78 is 12.0. The lowest BCUT2D eigenvalue weighted by atomic mass is 9.84. The summed E-state index contributed by atoms with van der Waals surface area (Å²) >= 11 is 0. The number of ether oxygens (including phenoxy) is 2. The number of ketones is 1. The average Bonchev–Trinajstić information content (AvgIpc) is 3.01. The summed E-state index contributed by atoms with van der Waals surface area (Å²) in [6, 6.07) is -2.83. The number of Topliss-reactive ketones (excluding diaryl/α,β-unsaturated/α-hetero) is 1. The molecule has 8 N–H and O–H groups in total. The van der Waals surface area contributed by atoms with Crippen LogP contribution in [0.3, 0.4) is 0 Å². The van der Waals surface area contributed by atoms with Gasteiger partial charge in [-0.25, -0.2) is 4.79 Å². The van der Waals surface area contributed by atoms with Crippen molar-refractivity contribution in [2.75, 3.05) is 26.3 Å². The van der Waals surface area contributed by atoms with E-state index < -0.39 is 57.9 Å². The van der Waals surface area contributed by atoms with E-state index >= 15 is 0 Å². The van der Waals surface area contributed by atoms with Gasteiger partial charge in [0, 0.05) is 36.9 Å². The van der Waals surface area contributed by atoms with Gasteiger partial charge in [0.05, 0.1) is 41.9 Å². The topological polar surface area (TPSA) is 235 Å². The fraction of sp³-hybridized carbons (Fsp3) is 0.846. The number of nitrogens with one attached hydrogen (secondary N) is 4. The summed E-state index contributed by atoms with van der Waals surface area (Å²) in [6.07, 6.45) is 3.18. The number of nitrogens with two attached hydrogens (primary N) is 1. The molecule has 0 aromatic rings. The Hall–Kier alpha value is -3.14. The summed E-state index contributed by atoms with van der Waals surface area (Å²) in [4.78, 5) is 73.2. The lowest BCUT2D eigenvalue weighted by Gasteiger charge is -2.32. The van der Waals surface area contributed by atoms with Gasteiger partial charge in [-0.1, -0.05) is 20.8 Å². The zero-order chi connectivity index (χ0) is 42.1. The van der Waals surface area contributed by atoms with E-state index in [0.29, 0.717) is 38.8 Å². The maximum Gasteiger partial charge on any atom is 0.326 e. The van der Waals surface area contributed by atoms with Crippen molar-refractivity contribution < 1.29 is 48.5 Å². The lowest BCUT2D eigenvalue weighted by Crippen LogP contribution is -2.50. The quantitative estimate of drug-likeness (QED) is 0.0593. The van der Waals surface area contributed by atoms with Crippen LogP contribution in [-0.2, 0) is 38.2 Å². The Bertz CT molecular complexity index is 1240. The van der Waals surface area contributed by atoms with Gasteiger partial charge in [-0.15, -0.1) is 0 Å². The predicted octanol–water partition coefficient (Wildman–Crippen LogP) is 3.70. The molecular weight excluding hydrogens is 698 g/mol. The molecule has 3 amide bonds. The van der Waals surface area contributed by atoms with Gasteiger partial charge in [0.2, 0.25) is 17.7 Å². The number of amides is 3. The number of hydrogen-bond acceptors (Lipinski definition) is 10. The number of carbonyl (C=O) groups excluding carboxylic acids is 4. The Kier molecular flexibility index (Phi) is 21.1. The molecule has 0 aliphatic carbocycles. The van der Waals surface area contributed by atoms with Gasteiger partial charge in [0.1, 0.15) is 6.04 Å². The minimum Gasteiger partial charge on any atom is -0.481 e. The molecule has 54 heavy (non-hydrogen) atoms. The highest BCUT2D eigenvalue weighted by Crippen LogP contribution is 2.23. The summed E-state index contributed by atoms with van der Waals surface area (Å²) in [5, 5.41) is 30.1. The van der Waals surface area contributed by atoms with Gasteiger partial charge in [0.15, 0.2) is 5.78 Å². The Morgan fingerprint density at radius 3 is 1.74 bits per heavy atom. The number of carboxylic acid groups (broad SMARTS) is 2. The molecule has 0 bridgehead atoms. The van der Waals surface area contributed by atoms with E-state index in [1.807, 2.05) is 48.5 Å². The fourth-order valence-corrected chi connectivity index (χ4v) is 5.38. The maximum absolute atomic E-state index is 12.9. The van der Waals surface area contributed by atoms with Gasteiger partial charge in [-0.05, 0) is 107 Å². The molecule has 0 aliphatic heterocycles. The first-order valence-corrected chi connectivity index (χ1v) is 19.1. The van der Waals surface area contributed by atoms with Gasteiger partial charge >= 0.3 is 11.9 Å². The first-order chi connectivity index (χ1) is 24.5. The lowest BCUT2D eigenvalue weighted by molar-refractivity contribution is -0.148. The zero-order valence-corrected chi connectivity index (χ0v) is 35.2. The zero-order valence-electron chi connectivity index (χ0n) is 35.2. The second kappa shape index (κ2) is 22.4. The highest BCUT2D eigenvalue weighted by molar-refractivity contribution is 5.89. The summed E-state index contributed by atoms with van der Waals surface area (Å²) in [6.45, 7) is 23.8. The third-order valence-corrected chi connectivity index (χ3v) is 8.89. The van der Waals surface area contributed by atoms with Gasteiger partial charge in [-0.2, -0.15) is 0 Å². The third-order valence-electron chi connectivity index (χ3n) is 8.89. The Morgan fingerprint density at radius 1 is 0.667 bits per heavy atom. The fourth-order valence-electron chi connectivity index (χ4n) is 5.38. The Morgan fingerprint density at radius 2 is 1.20 bits per heavy atom. The van der Waals surface area contributed by atoms with Crippen LogP contribution in [0, 0.1) is 10.8 Å². The van der Waals surface area contributed by atoms with E-state index in [0.717, 1.165) is 12.8 Å². The minimum absolute atomic E-state index is 0.0444. The molecule has 1 unspecified atom stereocenters. The van der Waals surface area contributed by atoms with Gasteiger partial charge in [0.25, 0.3) is 0 Å². The van der Waals surface area contributed by atoms with E-state index in [1.165, 1.54) is 13.8 Å². The number of aliphatic carboxylic acids is 2. The van der Waals surface area contributed by atoms with Crippen molar-refractivity contribution in [2.45, 2.75) is 176 Å². The third kappa shape index (κ3) is 22.9. The number of carboxylic acids is 2. The number of rotatable bonds is 27. The van der Waals surface area contributed by atoms with E-state index in [9.17, 15) is 39.0 Å². The van der Waals surface area contributed by atoms with E-state index in [2.05, 4.69) is 42.0 Å². The summed E-state index contributed by atoms with van der Waals surface area (Å²) in [5.74, 6) is -3.55. The molecule has 15 heteroatoms. The van der Waals surface area contributed by atoms with Crippen LogP contribution in [0.15, 0.2) is 0 Å². The van der Waals surface area contributed by atoms with Crippen LogP contribution in [0.5, 0.6) is 0 Å². The minimum atomic E-state index is -1.37. The second-order valence-electron chi connectivity index (χ2n) is 18.2. The number of unbranched alkanes of at least 4 members (excludes halogenated alkanes) is 1. The molecule has 0 saturated carbocycles. The predicted molar refractivity (Wildman–Crippen MR) is 208 cm³/mol. The van der Waals surface area contributed by atoms with Crippen LogP contribution in [0.4, 0.5) is 0 Å². The molecule has 15 nitrogen and oxygen atoms in total. The Labute approximate surface area is 323 Å². The molecular formula is C39H73N5O10. The molecule has 3 atom stereocenters. The first-order valence-electron chi connectivity index (χ1n) is 19.1. The van der Waals surface area contributed by atoms with Crippen LogP contribution >= 0.6 is 0 Å². The standard InChI is InChI=1S/C39H73N5O10/c1-35(2,3)31(47)27(44-36(4,5)6)15-13-14-21-41-30(46)18-19-38(9,10)53-23-20-39(11,12)54-24-22-42-29(45)17-16-28(33(49)50)43-32(48)26(40)25-37(7,8)34(51)52/h26-28,44H,13-25,40H2,1-12H3,(H,41,46)(H,42,45)(H,43,48)(H,49,50)(H,51,52)/t26?,27-,28+/m1/s1. The van der Waals surface area contributed by atoms with Crippen molar-refractivity contribution in [1.29, 1.82) is 0 Å². The van der Waals surface area contributed by atoms with Gasteiger partial charge in [-0.3, -0.25) is 24.0 Å². The normalized spacial score (nSPS) is 14.5. The SMILES string of the molecule is CC(C)(C)N[C@H](CCCCNC(=O)CCC(C)(C)OCCC(C)(C)OCCNC(=O)CC[C@H](NC(=O)C(N)CC(C)(C)C(=O)O)C(=O)O)C(=O)C(C)(C)C. The van der Waals surface area contributed by atoms with Crippen molar-refractivity contribution in [3.05, 3.63) is 0 Å². The van der Waals surface area contributed by atoms with Crippen LogP contribution in [0.1, 0.15) is 141 Å². The monoisotopic (exact) mass is 772 g/mol. The van der Waals surface area contributed by atoms with Crippen molar-refractivity contribution in [2.24, 2.45) is 16.6 Å². The molecule has 0 heterocycles. The average molecular weight is 772 g/mol. The molecule has 314 valence electrons. The molecule has 0 fully saturated rings. The highest BCUT2D eigenvalue weighted by Gasteiger charge is 2.34. The second-order valence-corrected chi connectivity index (χ2v) is 18.2. The smallest absolute Gasteiger partial charge is 0.326 e. The molecule has 0 aromatic carbocycles. The van der Waals surface area contributed by atoms with E-state index in [4.69, 9.17) is 15.2 Å². The van der Waals surface area contributed by atoms with Crippen molar-refractivity contribution >= 4 is 35.4 Å². The maximum atomic E-state index is 12.9. The van der Waals surface area contributed by atoms with E-state index in [-0.39, 0.29) is 55.7 Å². The van der Waals surface area contributed by atoms with Crippen LogP contribution < -0.4 is 27.0 Å². The van der Waals surface area contributed by atoms with Crippen LogP contribution in [0.2, 0.25) is 0 Å². The summed E-state index contributed by atoms with van der Waals surface area (Å²) in [5.41, 5.74) is 2.82. The molecule has 0 saturated heterocycles. The Balaban J connectivity index is 4.45. The van der Waals surface area contributed by atoms with E-state index in [1.54, 1.807) is 0 Å². The van der Waals surface area contributed by atoms with Crippen molar-refractivity contribution in [3.63, 3.8) is 0 Å². The summed E-state index contributed by atoms with van der Waals surface area (Å²) in [7, 11) is 0. The van der Waals surface area contributed by atoms with Crippen molar-refractivity contribution in [3.8, 4) is 0 Å². The molecule has 0 spiro atoms.